The molecule has 0 aromatic carbocycles. The Labute approximate surface area is 131 Å². The van der Waals surface area contributed by atoms with Gasteiger partial charge in [-0.05, 0) is 29.9 Å². The molecule has 2 nitrogen and oxygen atoms in total. The maximum atomic E-state index is 12.6. The van der Waals surface area contributed by atoms with Gasteiger partial charge in [-0.1, -0.05) is 55.4 Å². The highest BCUT2D eigenvalue weighted by atomic mass is 16.5. The van der Waals surface area contributed by atoms with E-state index >= 15 is 0 Å². The van der Waals surface area contributed by atoms with Crippen molar-refractivity contribution < 1.29 is 9.53 Å². The second-order valence-corrected chi connectivity index (χ2v) is 7.02. The van der Waals surface area contributed by atoms with Gasteiger partial charge in [0.1, 0.15) is 0 Å². The molecule has 0 radical (unpaired) electrons. The van der Waals surface area contributed by atoms with Crippen LogP contribution in [0.25, 0.3) is 0 Å². The molecule has 0 aliphatic heterocycles. The average Bonchev–Trinajstić information content (AvgIpc) is 2.37. The van der Waals surface area contributed by atoms with E-state index in [4.69, 9.17) is 4.74 Å². The SMILES string of the molecule is CC.CCOC=C1C=C(C(C)(C)C)C(=O)C(C(C)(C)C)=C1. The number of ketones is 1. The third-order valence-electron chi connectivity index (χ3n) is 3.11. The van der Waals surface area contributed by atoms with E-state index in [1.165, 1.54) is 0 Å². The summed E-state index contributed by atoms with van der Waals surface area (Å²) in [6.07, 6.45) is 5.64. The van der Waals surface area contributed by atoms with Gasteiger partial charge in [0, 0.05) is 16.7 Å². The van der Waals surface area contributed by atoms with Gasteiger partial charge in [-0.15, -0.1) is 0 Å². The quantitative estimate of drug-likeness (QED) is 0.632. The number of carbonyl (C=O) groups is 1. The highest BCUT2D eigenvalue weighted by Crippen LogP contribution is 2.38. The summed E-state index contributed by atoms with van der Waals surface area (Å²) in [5.41, 5.74) is 2.35. The molecular weight excluding hydrogens is 260 g/mol. The van der Waals surface area contributed by atoms with Crippen molar-refractivity contribution in [1.29, 1.82) is 0 Å². The molecule has 21 heavy (non-hydrogen) atoms. The number of hydrogen-bond acceptors (Lipinski definition) is 2. The summed E-state index contributed by atoms with van der Waals surface area (Å²) >= 11 is 0. The topological polar surface area (TPSA) is 26.3 Å². The molecule has 0 saturated carbocycles. The van der Waals surface area contributed by atoms with Crippen molar-refractivity contribution in [1.82, 2.24) is 0 Å². The average molecular weight is 292 g/mol. The van der Waals surface area contributed by atoms with Crippen LogP contribution in [-0.2, 0) is 9.53 Å². The van der Waals surface area contributed by atoms with E-state index < -0.39 is 0 Å². The van der Waals surface area contributed by atoms with Crippen LogP contribution in [0.15, 0.2) is 35.1 Å². The van der Waals surface area contributed by atoms with Crippen LogP contribution < -0.4 is 0 Å². The maximum absolute atomic E-state index is 12.6. The Hall–Kier alpha value is -1.31. The normalized spacial score (nSPS) is 15.7. The second kappa shape index (κ2) is 7.63. The summed E-state index contributed by atoms with van der Waals surface area (Å²) < 4.78 is 5.37. The fourth-order valence-corrected chi connectivity index (χ4v) is 2.01. The van der Waals surface area contributed by atoms with Crippen LogP contribution in [0.5, 0.6) is 0 Å². The standard InChI is InChI=1S/C17H26O2.C2H6/c1-8-19-11-12-9-13(16(2,3)4)15(18)14(10-12)17(5,6)7;1-2/h9-11H,8H2,1-7H3;1-2H3. The maximum Gasteiger partial charge on any atom is 0.186 e. The van der Waals surface area contributed by atoms with E-state index in [1.807, 2.05) is 32.9 Å². The van der Waals surface area contributed by atoms with Crippen LogP contribution in [-0.4, -0.2) is 12.4 Å². The van der Waals surface area contributed by atoms with Crippen molar-refractivity contribution in [3.05, 3.63) is 35.1 Å². The van der Waals surface area contributed by atoms with Crippen molar-refractivity contribution in [2.75, 3.05) is 6.61 Å². The zero-order valence-corrected chi connectivity index (χ0v) is 15.3. The van der Waals surface area contributed by atoms with Crippen LogP contribution >= 0.6 is 0 Å². The lowest BCUT2D eigenvalue weighted by molar-refractivity contribution is -0.114. The Bertz CT molecular complexity index is 413. The fraction of sp³-hybridized carbons (Fsp3) is 0.632. The highest BCUT2D eigenvalue weighted by molar-refractivity contribution is 6.11. The van der Waals surface area contributed by atoms with Crippen LogP contribution in [0.1, 0.15) is 62.3 Å². The summed E-state index contributed by atoms with van der Waals surface area (Å²) in [5.74, 6) is 0.161. The Balaban J connectivity index is 0.00000191. The lowest BCUT2D eigenvalue weighted by Crippen LogP contribution is -2.27. The molecule has 1 aliphatic carbocycles. The van der Waals surface area contributed by atoms with Gasteiger partial charge in [-0.2, -0.15) is 0 Å². The van der Waals surface area contributed by atoms with E-state index in [0.29, 0.717) is 6.61 Å². The predicted molar refractivity (Wildman–Crippen MR) is 91.1 cm³/mol. The zero-order valence-electron chi connectivity index (χ0n) is 15.3. The van der Waals surface area contributed by atoms with Gasteiger partial charge in [0.05, 0.1) is 12.9 Å². The lowest BCUT2D eigenvalue weighted by atomic mass is 9.72. The number of ether oxygens (including phenoxy) is 1. The molecule has 0 saturated heterocycles. The van der Waals surface area contributed by atoms with Crippen LogP contribution in [0, 0.1) is 10.8 Å². The van der Waals surface area contributed by atoms with Crippen molar-refractivity contribution in [2.24, 2.45) is 10.8 Å². The molecule has 0 aromatic rings. The van der Waals surface area contributed by atoms with Gasteiger partial charge < -0.3 is 4.74 Å². The molecule has 0 spiro atoms. The van der Waals surface area contributed by atoms with E-state index in [2.05, 4.69) is 41.5 Å². The molecule has 0 fully saturated rings. The van der Waals surface area contributed by atoms with Crippen molar-refractivity contribution in [3.63, 3.8) is 0 Å². The van der Waals surface area contributed by atoms with E-state index in [-0.39, 0.29) is 16.6 Å². The molecule has 120 valence electrons. The van der Waals surface area contributed by atoms with Crippen LogP contribution in [0.2, 0.25) is 0 Å². The third-order valence-corrected chi connectivity index (χ3v) is 3.11. The van der Waals surface area contributed by atoms with E-state index in [9.17, 15) is 4.79 Å². The molecular formula is C19H32O2. The molecule has 0 atom stereocenters. The Kier molecular flexibility index (Phi) is 7.15. The molecule has 0 heterocycles. The minimum atomic E-state index is -0.160. The van der Waals surface area contributed by atoms with E-state index in [1.54, 1.807) is 6.26 Å². The van der Waals surface area contributed by atoms with Crippen molar-refractivity contribution in [2.45, 2.75) is 62.3 Å². The molecule has 1 rings (SSSR count). The van der Waals surface area contributed by atoms with Gasteiger partial charge in [-0.25, -0.2) is 0 Å². The lowest BCUT2D eigenvalue weighted by Gasteiger charge is -2.31. The Morgan fingerprint density at radius 2 is 1.33 bits per heavy atom. The molecule has 0 N–H and O–H groups in total. The number of rotatable bonds is 2. The molecule has 0 amide bonds. The second-order valence-electron chi connectivity index (χ2n) is 7.02. The Morgan fingerprint density at radius 3 is 1.62 bits per heavy atom. The van der Waals surface area contributed by atoms with Crippen LogP contribution in [0.3, 0.4) is 0 Å². The third kappa shape index (κ3) is 5.53. The molecule has 0 unspecified atom stereocenters. The largest absolute Gasteiger partial charge is 0.501 e. The van der Waals surface area contributed by atoms with Gasteiger partial charge in [-0.3, -0.25) is 4.79 Å². The Morgan fingerprint density at radius 1 is 0.952 bits per heavy atom. The summed E-state index contributed by atoms with van der Waals surface area (Å²) in [5, 5.41) is 0. The minimum absolute atomic E-state index is 0.160. The van der Waals surface area contributed by atoms with Gasteiger partial charge in [0.2, 0.25) is 0 Å². The van der Waals surface area contributed by atoms with Gasteiger partial charge >= 0.3 is 0 Å². The first kappa shape index (κ1) is 19.7. The summed E-state index contributed by atoms with van der Waals surface area (Å²) in [6, 6.07) is 0. The first-order valence-corrected chi connectivity index (χ1v) is 7.88. The predicted octanol–water partition coefficient (Wildman–Crippen LogP) is 5.46. The first-order chi connectivity index (χ1) is 9.57. The minimum Gasteiger partial charge on any atom is -0.501 e. The highest BCUT2D eigenvalue weighted by Gasteiger charge is 2.33. The smallest absolute Gasteiger partial charge is 0.186 e. The monoisotopic (exact) mass is 292 g/mol. The molecule has 0 aromatic heterocycles. The first-order valence-electron chi connectivity index (χ1n) is 7.88. The summed E-state index contributed by atoms with van der Waals surface area (Å²) in [4.78, 5) is 12.6. The van der Waals surface area contributed by atoms with E-state index in [0.717, 1.165) is 16.7 Å². The van der Waals surface area contributed by atoms with Gasteiger partial charge in [0.25, 0.3) is 0 Å². The van der Waals surface area contributed by atoms with Gasteiger partial charge in [0.15, 0.2) is 5.78 Å². The number of allylic oxidation sites excluding steroid dienone is 5. The summed E-state index contributed by atoms with van der Waals surface area (Å²) in [7, 11) is 0. The molecule has 1 aliphatic rings. The zero-order chi connectivity index (χ0) is 16.8. The summed E-state index contributed by atoms with van der Waals surface area (Å²) in [6.45, 7) is 19.0. The molecule has 2 heteroatoms. The fourth-order valence-electron chi connectivity index (χ4n) is 2.01. The van der Waals surface area contributed by atoms with Crippen LogP contribution in [0.4, 0.5) is 0 Å². The number of carbonyl (C=O) groups excluding carboxylic acids is 1. The van der Waals surface area contributed by atoms with Crippen molar-refractivity contribution in [3.8, 4) is 0 Å². The van der Waals surface area contributed by atoms with Crippen molar-refractivity contribution >= 4 is 5.78 Å². The number of Topliss-reactive ketones (excluding diaryl/α,β-unsaturated/α-hetero) is 1. The molecule has 0 bridgehead atoms. The number of hydrogen-bond donors (Lipinski definition) is 0.